The third-order valence-corrected chi connectivity index (χ3v) is 4.18. The summed E-state index contributed by atoms with van der Waals surface area (Å²) >= 11 is 0. The van der Waals surface area contributed by atoms with E-state index in [9.17, 15) is 8.78 Å². The molecule has 0 unspecified atom stereocenters. The molecule has 0 bridgehead atoms. The lowest BCUT2D eigenvalue weighted by Crippen LogP contribution is -2.31. The lowest BCUT2D eigenvalue weighted by atomic mass is 9.99. The summed E-state index contributed by atoms with van der Waals surface area (Å²) < 4.78 is 34.3. The van der Waals surface area contributed by atoms with Gasteiger partial charge in [-0.05, 0) is 43.4 Å². The lowest BCUT2D eigenvalue weighted by Gasteiger charge is -2.20. The minimum Gasteiger partial charge on any atom is -0.493 e. The monoisotopic (exact) mass is 299 g/mol. The van der Waals surface area contributed by atoms with Gasteiger partial charge in [-0.3, -0.25) is 0 Å². The molecule has 2 rings (SSSR count). The predicted molar refractivity (Wildman–Crippen MR) is 77.9 cm³/mol. The second-order valence-electron chi connectivity index (χ2n) is 5.58. The van der Waals surface area contributed by atoms with Crippen LogP contribution < -0.4 is 14.8 Å². The molecule has 1 aliphatic carbocycles. The smallest absolute Gasteiger partial charge is 0.387 e. The molecule has 1 N–H and O–H groups in total. The Labute approximate surface area is 124 Å². The summed E-state index contributed by atoms with van der Waals surface area (Å²) in [6.45, 7) is -0.0170. The van der Waals surface area contributed by atoms with Crippen LogP contribution in [0.15, 0.2) is 18.2 Å². The summed E-state index contributed by atoms with van der Waals surface area (Å²) in [5.41, 5.74) is 0.913. The standard InChI is InChI=1S/C16H23F2NO2/c1-11(13-5-3-4-6-13)19-10-12-7-8-14(20-2)15(9-12)21-16(17)18/h7-9,11,13,16,19H,3-6,10H2,1-2H3/t11-/m0/s1. The van der Waals surface area contributed by atoms with E-state index in [2.05, 4.69) is 17.0 Å². The van der Waals surface area contributed by atoms with Crippen LogP contribution in [0.4, 0.5) is 8.78 Å². The first-order chi connectivity index (χ1) is 10.1. The molecular formula is C16H23F2NO2. The van der Waals surface area contributed by atoms with Gasteiger partial charge in [-0.25, -0.2) is 0 Å². The van der Waals surface area contributed by atoms with Crippen LogP contribution >= 0.6 is 0 Å². The van der Waals surface area contributed by atoms with E-state index < -0.39 is 6.61 Å². The number of alkyl halides is 2. The molecule has 1 aliphatic rings. The van der Waals surface area contributed by atoms with Crippen LogP contribution in [0.5, 0.6) is 11.5 Å². The molecule has 0 radical (unpaired) electrons. The molecule has 0 heterocycles. The fourth-order valence-corrected chi connectivity index (χ4v) is 2.92. The maximum Gasteiger partial charge on any atom is 0.387 e. The number of nitrogens with one attached hydrogen (secondary N) is 1. The molecule has 1 atom stereocenters. The molecule has 21 heavy (non-hydrogen) atoms. The first-order valence-electron chi connectivity index (χ1n) is 7.45. The van der Waals surface area contributed by atoms with Crippen molar-refractivity contribution in [1.29, 1.82) is 0 Å². The summed E-state index contributed by atoms with van der Waals surface area (Å²) in [6, 6.07) is 5.58. The maximum absolute atomic E-state index is 12.4. The van der Waals surface area contributed by atoms with Crippen LogP contribution in [0.2, 0.25) is 0 Å². The molecule has 1 fully saturated rings. The first kappa shape index (κ1) is 16.0. The van der Waals surface area contributed by atoms with Crippen LogP contribution in [0.3, 0.4) is 0 Å². The highest BCUT2D eigenvalue weighted by molar-refractivity contribution is 5.43. The van der Waals surface area contributed by atoms with Crippen molar-refractivity contribution in [2.24, 2.45) is 5.92 Å². The first-order valence-corrected chi connectivity index (χ1v) is 7.45. The lowest BCUT2D eigenvalue weighted by molar-refractivity contribution is -0.0512. The highest BCUT2D eigenvalue weighted by Gasteiger charge is 2.21. The van der Waals surface area contributed by atoms with E-state index in [1.54, 1.807) is 12.1 Å². The van der Waals surface area contributed by atoms with E-state index in [1.165, 1.54) is 32.8 Å². The zero-order valence-corrected chi connectivity index (χ0v) is 12.6. The fraction of sp³-hybridized carbons (Fsp3) is 0.625. The van der Waals surface area contributed by atoms with Crippen molar-refractivity contribution in [1.82, 2.24) is 5.32 Å². The highest BCUT2D eigenvalue weighted by Crippen LogP contribution is 2.30. The molecule has 0 saturated heterocycles. The van der Waals surface area contributed by atoms with Crippen molar-refractivity contribution >= 4 is 0 Å². The second-order valence-corrected chi connectivity index (χ2v) is 5.58. The van der Waals surface area contributed by atoms with Gasteiger partial charge in [0.1, 0.15) is 0 Å². The summed E-state index contributed by atoms with van der Waals surface area (Å²) in [5.74, 6) is 1.13. The number of hydrogen-bond donors (Lipinski definition) is 1. The minimum absolute atomic E-state index is 0.0836. The van der Waals surface area contributed by atoms with Gasteiger partial charge in [0.2, 0.25) is 0 Å². The Balaban J connectivity index is 1.96. The van der Waals surface area contributed by atoms with E-state index in [0.717, 1.165) is 11.5 Å². The van der Waals surface area contributed by atoms with Crippen LogP contribution in [-0.4, -0.2) is 19.8 Å². The zero-order chi connectivity index (χ0) is 15.2. The Hall–Kier alpha value is -1.36. The van der Waals surface area contributed by atoms with Gasteiger partial charge in [-0.2, -0.15) is 8.78 Å². The SMILES string of the molecule is COc1ccc(CN[C@@H](C)C2CCCC2)cc1OC(F)F. The topological polar surface area (TPSA) is 30.5 Å². The highest BCUT2D eigenvalue weighted by atomic mass is 19.3. The molecular weight excluding hydrogens is 276 g/mol. The Morgan fingerprint density at radius 3 is 2.57 bits per heavy atom. The van der Waals surface area contributed by atoms with Gasteiger partial charge in [-0.1, -0.05) is 18.9 Å². The van der Waals surface area contributed by atoms with E-state index >= 15 is 0 Å². The van der Waals surface area contributed by atoms with Gasteiger partial charge < -0.3 is 14.8 Å². The number of rotatable bonds is 7. The van der Waals surface area contributed by atoms with Crippen molar-refractivity contribution in [2.75, 3.05) is 7.11 Å². The van der Waals surface area contributed by atoms with Gasteiger partial charge in [-0.15, -0.1) is 0 Å². The third-order valence-electron chi connectivity index (χ3n) is 4.18. The Morgan fingerprint density at radius 1 is 1.24 bits per heavy atom. The van der Waals surface area contributed by atoms with E-state index in [1.807, 2.05) is 6.07 Å². The van der Waals surface area contributed by atoms with E-state index in [-0.39, 0.29) is 5.75 Å². The average molecular weight is 299 g/mol. The number of hydrogen-bond acceptors (Lipinski definition) is 3. The number of methoxy groups -OCH3 is 1. The summed E-state index contributed by atoms with van der Waals surface area (Å²) in [7, 11) is 1.44. The molecule has 0 aliphatic heterocycles. The predicted octanol–water partition coefficient (Wildman–Crippen LogP) is 3.96. The number of ether oxygens (including phenoxy) is 2. The molecule has 118 valence electrons. The second kappa shape index (κ2) is 7.59. The van der Waals surface area contributed by atoms with Gasteiger partial charge in [0, 0.05) is 12.6 Å². The summed E-state index contributed by atoms with van der Waals surface area (Å²) in [4.78, 5) is 0. The molecule has 0 amide bonds. The quantitative estimate of drug-likeness (QED) is 0.826. The van der Waals surface area contributed by atoms with Crippen molar-refractivity contribution < 1.29 is 18.3 Å². The number of benzene rings is 1. The molecule has 1 saturated carbocycles. The van der Waals surface area contributed by atoms with Crippen LogP contribution in [0, 0.1) is 5.92 Å². The van der Waals surface area contributed by atoms with Crippen molar-refractivity contribution in [3.8, 4) is 11.5 Å². The molecule has 3 nitrogen and oxygen atoms in total. The van der Waals surface area contributed by atoms with Crippen molar-refractivity contribution in [3.05, 3.63) is 23.8 Å². The molecule has 1 aromatic carbocycles. The summed E-state index contributed by atoms with van der Waals surface area (Å²) in [6.07, 6.45) is 5.17. The number of halogens is 2. The molecule has 0 aromatic heterocycles. The van der Waals surface area contributed by atoms with Gasteiger partial charge in [0.25, 0.3) is 0 Å². The largest absolute Gasteiger partial charge is 0.493 e. The normalized spacial score (nSPS) is 17.2. The van der Waals surface area contributed by atoms with Crippen molar-refractivity contribution in [2.45, 2.75) is 51.8 Å². The van der Waals surface area contributed by atoms with E-state index in [0.29, 0.717) is 18.3 Å². The van der Waals surface area contributed by atoms with Crippen molar-refractivity contribution in [3.63, 3.8) is 0 Å². The Bertz CT molecular complexity index is 448. The van der Waals surface area contributed by atoms with Gasteiger partial charge in [0.15, 0.2) is 11.5 Å². The average Bonchev–Trinajstić information content (AvgIpc) is 2.98. The third kappa shape index (κ3) is 4.56. The van der Waals surface area contributed by atoms with E-state index in [4.69, 9.17) is 4.74 Å². The van der Waals surface area contributed by atoms with Crippen LogP contribution in [0.25, 0.3) is 0 Å². The maximum atomic E-state index is 12.4. The van der Waals surface area contributed by atoms with Gasteiger partial charge in [0.05, 0.1) is 7.11 Å². The Morgan fingerprint density at radius 2 is 1.95 bits per heavy atom. The molecule has 0 spiro atoms. The molecule has 5 heteroatoms. The van der Waals surface area contributed by atoms with Gasteiger partial charge >= 0.3 is 6.61 Å². The zero-order valence-electron chi connectivity index (χ0n) is 12.6. The Kier molecular flexibility index (Phi) is 5.79. The minimum atomic E-state index is -2.85. The fourth-order valence-electron chi connectivity index (χ4n) is 2.92. The van der Waals surface area contributed by atoms with Crippen LogP contribution in [-0.2, 0) is 6.54 Å². The molecule has 1 aromatic rings. The summed E-state index contributed by atoms with van der Waals surface area (Å²) in [5, 5.41) is 3.47. The van der Waals surface area contributed by atoms with Crippen LogP contribution in [0.1, 0.15) is 38.2 Å².